The van der Waals surface area contributed by atoms with Crippen LogP contribution in [0.2, 0.25) is 0 Å². The Hall–Kier alpha value is -0.930. The Morgan fingerprint density at radius 2 is 1.80 bits per heavy atom. The van der Waals surface area contributed by atoms with Gasteiger partial charge in [0.25, 0.3) is 0 Å². The summed E-state index contributed by atoms with van der Waals surface area (Å²) in [6, 6.07) is 15.3. The average Bonchev–Trinajstić information content (AvgIpc) is 2.93. The Balaban J connectivity index is 1.47. The van der Waals surface area contributed by atoms with Crippen LogP contribution in [0.25, 0.3) is 0 Å². The van der Waals surface area contributed by atoms with Gasteiger partial charge in [-0.05, 0) is 66.8 Å². The fourth-order valence-corrected chi connectivity index (χ4v) is 3.66. The summed E-state index contributed by atoms with van der Waals surface area (Å²) in [6.45, 7) is 0.989. The molecule has 0 bridgehead atoms. The number of halogens is 1. The van der Waals surface area contributed by atoms with E-state index in [-0.39, 0.29) is 0 Å². The van der Waals surface area contributed by atoms with Crippen LogP contribution >= 0.6 is 27.7 Å². The Bertz CT molecular complexity index is 580. The van der Waals surface area contributed by atoms with E-state index in [1.807, 2.05) is 11.8 Å². The number of rotatable bonds is 5. The Morgan fingerprint density at radius 3 is 2.65 bits per heavy atom. The quantitative estimate of drug-likeness (QED) is 0.593. The van der Waals surface area contributed by atoms with E-state index in [0.717, 1.165) is 16.8 Å². The van der Waals surface area contributed by atoms with Crippen molar-refractivity contribution in [2.75, 3.05) is 17.6 Å². The maximum atomic E-state index is 3.45. The summed E-state index contributed by atoms with van der Waals surface area (Å²) in [6.07, 6.45) is 3.86. The summed E-state index contributed by atoms with van der Waals surface area (Å²) in [5.41, 5.74) is 4.31. The molecule has 0 radical (unpaired) electrons. The molecule has 0 atom stereocenters. The predicted octanol–water partition coefficient (Wildman–Crippen LogP) is 5.14. The van der Waals surface area contributed by atoms with E-state index in [2.05, 4.69) is 63.7 Å². The molecule has 2 aromatic rings. The maximum absolute atomic E-state index is 3.45. The molecule has 0 unspecified atom stereocenters. The highest BCUT2D eigenvalue weighted by Gasteiger charge is 2.10. The summed E-state index contributed by atoms with van der Waals surface area (Å²) >= 11 is 5.39. The second-order valence-electron chi connectivity index (χ2n) is 5.07. The second kappa shape index (κ2) is 6.68. The van der Waals surface area contributed by atoms with Gasteiger partial charge in [0.05, 0.1) is 0 Å². The number of hydrogen-bond acceptors (Lipinski definition) is 2. The zero-order valence-corrected chi connectivity index (χ0v) is 13.8. The monoisotopic (exact) mass is 347 g/mol. The highest BCUT2D eigenvalue weighted by atomic mass is 79.9. The van der Waals surface area contributed by atoms with Gasteiger partial charge in [-0.1, -0.05) is 22.0 Å². The predicted molar refractivity (Wildman–Crippen MR) is 91.8 cm³/mol. The van der Waals surface area contributed by atoms with Crippen LogP contribution in [0.3, 0.4) is 0 Å². The van der Waals surface area contributed by atoms with E-state index in [0.29, 0.717) is 0 Å². The molecule has 3 heteroatoms. The standard InChI is InChI=1S/C17H18BrNS/c18-15-5-7-16(8-6-15)19-10-11-20-17-9-4-13-2-1-3-14(13)12-17/h4-9,12,19H,1-3,10-11H2. The molecule has 0 aliphatic heterocycles. The lowest BCUT2D eigenvalue weighted by atomic mass is 10.1. The molecule has 0 fully saturated rings. The molecule has 0 saturated carbocycles. The zero-order chi connectivity index (χ0) is 13.8. The summed E-state index contributed by atoms with van der Waals surface area (Å²) in [7, 11) is 0. The van der Waals surface area contributed by atoms with E-state index in [1.165, 1.54) is 29.8 Å². The van der Waals surface area contributed by atoms with Crippen molar-refractivity contribution in [1.82, 2.24) is 0 Å². The number of nitrogens with one attached hydrogen (secondary N) is 1. The molecule has 0 saturated heterocycles. The maximum Gasteiger partial charge on any atom is 0.0341 e. The number of aryl methyl sites for hydroxylation is 2. The minimum Gasteiger partial charge on any atom is -0.384 e. The third-order valence-corrected chi connectivity index (χ3v) is 5.14. The molecular weight excluding hydrogens is 330 g/mol. The van der Waals surface area contributed by atoms with E-state index in [1.54, 1.807) is 11.1 Å². The van der Waals surface area contributed by atoms with Crippen LogP contribution in [0.4, 0.5) is 5.69 Å². The molecule has 2 aromatic carbocycles. The summed E-state index contributed by atoms with van der Waals surface area (Å²) < 4.78 is 1.12. The lowest BCUT2D eigenvalue weighted by molar-refractivity contribution is 0.911. The third kappa shape index (κ3) is 3.58. The SMILES string of the molecule is Brc1ccc(NCCSc2ccc3c(c2)CCC3)cc1. The van der Waals surface area contributed by atoms with Crippen LogP contribution in [0.15, 0.2) is 51.8 Å². The molecule has 1 aliphatic carbocycles. The summed E-state index contributed by atoms with van der Waals surface area (Å²) in [4.78, 5) is 1.41. The van der Waals surface area contributed by atoms with E-state index >= 15 is 0 Å². The molecule has 104 valence electrons. The first-order valence-corrected chi connectivity index (χ1v) is 8.83. The number of benzene rings is 2. The van der Waals surface area contributed by atoms with Crippen LogP contribution in [0.1, 0.15) is 17.5 Å². The number of fused-ring (bicyclic) bond motifs is 1. The Kier molecular flexibility index (Phi) is 4.69. The topological polar surface area (TPSA) is 12.0 Å². The number of thioether (sulfide) groups is 1. The molecule has 1 nitrogen and oxygen atoms in total. The van der Waals surface area contributed by atoms with Crippen molar-refractivity contribution < 1.29 is 0 Å². The summed E-state index contributed by atoms with van der Waals surface area (Å²) in [5, 5.41) is 3.45. The average molecular weight is 348 g/mol. The molecule has 20 heavy (non-hydrogen) atoms. The van der Waals surface area contributed by atoms with Crippen molar-refractivity contribution in [2.45, 2.75) is 24.2 Å². The minimum atomic E-state index is 0.989. The van der Waals surface area contributed by atoms with Crippen molar-refractivity contribution in [3.8, 4) is 0 Å². The van der Waals surface area contributed by atoms with Crippen molar-refractivity contribution in [2.24, 2.45) is 0 Å². The molecule has 0 aromatic heterocycles. The smallest absolute Gasteiger partial charge is 0.0341 e. The van der Waals surface area contributed by atoms with Gasteiger partial charge in [0.1, 0.15) is 0 Å². The van der Waals surface area contributed by atoms with Gasteiger partial charge < -0.3 is 5.32 Å². The van der Waals surface area contributed by atoms with Crippen molar-refractivity contribution >= 4 is 33.4 Å². The lowest BCUT2D eigenvalue weighted by Gasteiger charge is -2.07. The third-order valence-electron chi connectivity index (χ3n) is 3.61. The second-order valence-corrected chi connectivity index (χ2v) is 7.15. The van der Waals surface area contributed by atoms with Gasteiger partial charge in [-0.3, -0.25) is 0 Å². The molecule has 1 aliphatic rings. The molecule has 0 spiro atoms. The van der Waals surface area contributed by atoms with Gasteiger partial charge in [-0.25, -0.2) is 0 Å². The fourth-order valence-electron chi connectivity index (χ4n) is 2.57. The largest absolute Gasteiger partial charge is 0.384 e. The molecule has 1 N–H and O–H groups in total. The Morgan fingerprint density at radius 1 is 1.00 bits per heavy atom. The number of hydrogen-bond donors (Lipinski definition) is 1. The van der Waals surface area contributed by atoms with Crippen LogP contribution in [-0.4, -0.2) is 12.3 Å². The van der Waals surface area contributed by atoms with Crippen LogP contribution < -0.4 is 5.32 Å². The van der Waals surface area contributed by atoms with Gasteiger partial charge in [0.2, 0.25) is 0 Å². The van der Waals surface area contributed by atoms with E-state index in [9.17, 15) is 0 Å². The highest BCUT2D eigenvalue weighted by molar-refractivity contribution is 9.10. The van der Waals surface area contributed by atoms with E-state index < -0.39 is 0 Å². The number of anilines is 1. The first kappa shape index (κ1) is 14.0. The van der Waals surface area contributed by atoms with Gasteiger partial charge >= 0.3 is 0 Å². The molecule has 3 rings (SSSR count). The van der Waals surface area contributed by atoms with Gasteiger partial charge in [0, 0.05) is 27.4 Å². The van der Waals surface area contributed by atoms with Gasteiger partial charge in [-0.2, -0.15) is 0 Å². The zero-order valence-electron chi connectivity index (χ0n) is 11.4. The highest BCUT2D eigenvalue weighted by Crippen LogP contribution is 2.27. The lowest BCUT2D eigenvalue weighted by Crippen LogP contribution is -2.03. The van der Waals surface area contributed by atoms with Gasteiger partial charge in [-0.15, -0.1) is 11.8 Å². The van der Waals surface area contributed by atoms with Crippen molar-refractivity contribution in [3.05, 3.63) is 58.1 Å². The van der Waals surface area contributed by atoms with Crippen LogP contribution in [0.5, 0.6) is 0 Å². The normalized spacial score (nSPS) is 13.2. The first-order chi connectivity index (χ1) is 9.81. The summed E-state index contributed by atoms with van der Waals surface area (Å²) in [5.74, 6) is 1.09. The fraction of sp³-hybridized carbons (Fsp3) is 0.294. The van der Waals surface area contributed by atoms with Crippen LogP contribution in [-0.2, 0) is 12.8 Å². The molecule has 0 heterocycles. The minimum absolute atomic E-state index is 0.989. The molecular formula is C17H18BrNS. The van der Waals surface area contributed by atoms with Gasteiger partial charge in [0.15, 0.2) is 0 Å². The first-order valence-electron chi connectivity index (χ1n) is 7.05. The Labute approximate surface area is 133 Å². The van der Waals surface area contributed by atoms with E-state index in [4.69, 9.17) is 0 Å². The van der Waals surface area contributed by atoms with Crippen molar-refractivity contribution in [3.63, 3.8) is 0 Å². The van der Waals surface area contributed by atoms with Crippen molar-refractivity contribution in [1.29, 1.82) is 0 Å². The molecule has 0 amide bonds. The van der Waals surface area contributed by atoms with Crippen LogP contribution in [0, 0.1) is 0 Å².